The maximum Gasteiger partial charge on any atom is 0.146 e. The van der Waals surface area contributed by atoms with Crippen LogP contribution in [0.3, 0.4) is 0 Å². The van der Waals surface area contributed by atoms with Crippen LogP contribution >= 0.6 is 23.2 Å². The highest BCUT2D eigenvalue weighted by Crippen LogP contribution is 2.34. The highest BCUT2D eigenvalue weighted by Gasteiger charge is 2.20. The lowest BCUT2D eigenvalue weighted by atomic mass is 10.2. The molecule has 4 heteroatoms. The number of hydrogen-bond donors (Lipinski definition) is 1. The molecule has 1 aliphatic carbocycles. The average Bonchev–Trinajstić information content (AvgIpc) is 3.27. The summed E-state index contributed by atoms with van der Waals surface area (Å²) in [7, 11) is 0. The highest BCUT2D eigenvalue weighted by atomic mass is 35.5. The van der Waals surface area contributed by atoms with E-state index in [9.17, 15) is 0 Å². The molecular weight excluding hydrogens is 305 g/mol. The summed E-state index contributed by atoms with van der Waals surface area (Å²) in [5, 5.41) is 4.64. The second-order valence-corrected chi connectivity index (χ2v) is 6.27. The van der Waals surface area contributed by atoms with Gasteiger partial charge in [-0.3, -0.25) is 0 Å². The van der Waals surface area contributed by atoms with Crippen molar-refractivity contribution >= 4 is 23.2 Å². The molecule has 0 bridgehead atoms. The van der Waals surface area contributed by atoms with Crippen molar-refractivity contribution in [1.29, 1.82) is 0 Å². The Morgan fingerprint density at radius 1 is 1.05 bits per heavy atom. The molecule has 0 heterocycles. The van der Waals surface area contributed by atoms with Crippen LogP contribution in [0.25, 0.3) is 0 Å². The monoisotopic (exact) mass is 321 g/mol. The van der Waals surface area contributed by atoms with Gasteiger partial charge in [-0.1, -0.05) is 35.3 Å². The minimum atomic E-state index is 0.580. The zero-order valence-electron chi connectivity index (χ0n) is 11.8. The van der Waals surface area contributed by atoms with Crippen LogP contribution in [0, 0.1) is 6.92 Å². The Bertz CT molecular complexity index is 653. The third-order valence-corrected chi connectivity index (χ3v) is 4.08. The number of ether oxygens (including phenoxy) is 1. The molecule has 2 nitrogen and oxygen atoms in total. The van der Waals surface area contributed by atoms with E-state index in [0.717, 1.165) is 17.7 Å². The summed E-state index contributed by atoms with van der Waals surface area (Å²) in [5.74, 6) is 1.25. The van der Waals surface area contributed by atoms with Gasteiger partial charge in [-0.2, -0.15) is 0 Å². The molecule has 1 N–H and O–H groups in total. The van der Waals surface area contributed by atoms with Crippen molar-refractivity contribution in [1.82, 2.24) is 5.32 Å². The van der Waals surface area contributed by atoms with Crippen LogP contribution in [0.1, 0.15) is 24.0 Å². The Labute approximate surface area is 135 Å². The minimum absolute atomic E-state index is 0.580. The third-order valence-electron chi connectivity index (χ3n) is 3.48. The molecule has 0 radical (unpaired) electrons. The Kier molecular flexibility index (Phi) is 4.39. The van der Waals surface area contributed by atoms with E-state index in [1.807, 2.05) is 43.3 Å². The summed E-state index contributed by atoms with van der Waals surface area (Å²) >= 11 is 12.4. The lowest BCUT2D eigenvalue weighted by molar-refractivity contribution is 0.482. The van der Waals surface area contributed by atoms with Gasteiger partial charge in [0.25, 0.3) is 0 Å². The standard InChI is InChI=1S/C17H17Cl2NO/c1-11-2-6-14(18)17(8-11)21-16-7-3-12(9-15(16)19)10-20-13-4-5-13/h2-3,6-9,13,20H,4-5,10H2,1H3. The lowest BCUT2D eigenvalue weighted by Gasteiger charge is -2.11. The smallest absolute Gasteiger partial charge is 0.146 e. The van der Waals surface area contributed by atoms with Crippen LogP contribution in [0.2, 0.25) is 10.0 Å². The number of benzene rings is 2. The Hall–Kier alpha value is -1.22. The molecule has 110 valence electrons. The first kappa shape index (κ1) is 14.7. The third kappa shape index (κ3) is 3.91. The first-order valence-electron chi connectivity index (χ1n) is 7.07. The second kappa shape index (κ2) is 6.27. The van der Waals surface area contributed by atoms with E-state index >= 15 is 0 Å². The Morgan fingerprint density at radius 2 is 1.86 bits per heavy atom. The quantitative estimate of drug-likeness (QED) is 0.801. The summed E-state index contributed by atoms with van der Waals surface area (Å²) in [5.41, 5.74) is 2.25. The summed E-state index contributed by atoms with van der Waals surface area (Å²) in [6, 6.07) is 12.2. The number of nitrogens with one attached hydrogen (secondary N) is 1. The molecule has 0 aromatic heterocycles. The van der Waals surface area contributed by atoms with Crippen LogP contribution in [0.15, 0.2) is 36.4 Å². The summed E-state index contributed by atoms with van der Waals surface area (Å²) in [4.78, 5) is 0. The topological polar surface area (TPSA) is 21.3 Å². The fourth-order valence-corrected chi connectivity index (χ4v) is 2.49. The van der Waals surface area contributed by atoms with Gasteiger partial charge in [0.1, 0.15) is 11.5 Å². The summed E-state index contributed by atoms with van der Waals surface area (Å²) < 4.78 is 5.83. The number of halogens is 2. The van der Waals surface area contributed by atoms with Crippen LogP contribution in [0.4, 0.5) is 0 Å². The maximum atomic E-state index is 6.31. The SMILES string of the molecule is Cc1ccc(Cl)c(Oc2ccc(CNC3CC3)cc2Cl)c1. The number of hydrogen-bond acceptors (Lipinski definition) is 2. The van der Waals surface area contributed by atoms with Crippen molar-refractivity contribution in [3.8, 4) is 11.5 Å². The van der Waals surface area contributed by atoms with E-state index in [1.165, 1.54) is 12.8 Å². The van der Waals surface area contributed by atoms with E-state index in [2.05, 4.69) is 5.32 Å². The summed E-state index contributed by atoms with van der Waals surface area (Å²) in [6.07, 6.45) is 2.56. The predicted molar refractivity (Wildman–Crippen MR) is 87.6 cm³/mol. The molecule has 0 aliphatic heterocycles. The predicted octanol–water partition coefficient (Wildman–Crippen LogP) is 5.35. The van der Waals surface area contributed by atoms with Crippen molar-refractivity contribution in [2.24, 2.45) is 0 Å². The van der Waals surface area contributed by atoms with Gasteiger partial charge in [0.15, 0.2) is 0 Å². The highest BCUT2D eigenvalue weighted by molar-refractivity contribution is 6.32. The molecule has 0 spiro atoms. The normalized spacial score (nSPS) is 14.2. The fourth-order valence-electron chi connectivity index (χ4n) is 2.09. The van der Waals surface area contributed by atoms with Crippen LogP contribution in [-0.4, -0.2) is 6.04 Å². The molecule has 1 fully saturated rings. The van der Waals surface area contributed by atoms with Gasteiger partial charge in [-0.15, -0.1) is 0 Å². The van der Waals surface area contributed by atoms with Gasteiger partial charge < -0.3 is 10.1 Å². The van der Waals surface area contributed by atoms with Gasteiger partial charge in [-0.25, -0.2) is 0 Å². The first-order valence-corrected chi connectivity index (χ1v) is 7.83. The number of aryl methyl sites for hydroxylation is 1. The largest absolute Gasteiger partial charge is 0.454 e. The van der Waals surface area contributed by atoms with Crippen LogP contribution in [-0.2, 0) is 6.54 Å². The van der Waals surface area contributed by atoms with E-state index < -0.39 is 0 Å². The molecule has 0 unspecified atom stereocenters. The van der Waals surface area contributed by atoms with Gasteiger partial charge in [-0.05, 0) is 55.2 Å². The average molecular weight is 322 g/mol. The van der Waals surface area contributed by atoms with Crippen molar-refractivity contribution in [3.63, 3.8) is 0 Å². The molecule has 0 amide bonds. The molecule has 2 aromatic carbocycles. The van der Waals surface area contributed by atoms with Crippen LogP contribution in [0.5, 0.6) is 11.5 Å². The molecule has 3 rings (SSSR count). The molecule has 0 atom stereocenters. The molecule has 0 saturated heterocycles. The molecule has 1 aliphatic rings. The van der Waals surface area contributed by atoms with Gasteiger partial charge in [0, 0.05) is 12.6 Å². The van der Waals surface area contributed by atoms with Crippen molar-refractivity contribution in [3.05, 3.63) is 57.6 Å². The molecular formula is C17H17Cl2NO. The molecule has 2 aromatic rings. The van der Waals surface area contributed by atoms with E-state index in [1.54, 1.807) is 0 Å². The maximum absolute atomic E-state index is 6.31. The summed E-state index contributed by atoms with van der Waals surface area (Å²) in [6.45, 7) is 2.84. The van der Waals surface area contributed by atoms with Gasteiger partial charge in [0.2, 0.25) is 0 Å². The zero-order chi connectivity index (χ0) is 14.8. The van der Waals surface area contributed by atoms with E-state index in [4.69, 9.17) is 27.9 Å². The first-order chi connectivity index (χ1) is 10.1. The van der Waals surface area contributed by atoms with Crippen molar-refractivity contribution in [2.75, 3.05) is 0 Å². The zero-order valence-corrected chi connectivity index (χ0v) is 13.3. The van der Waals surface area contributed by atoms with Gasteiger partial charge in [0.05, 0.1) is 10.0 Å². The van der Waals surface area contributed by atoms with E-state index in [0.29, 0.717) is 27.6 Å². The lowest BCUT2D eigenvalue weighted by Crippen LogP contribution is -2.15. The molecule has 1 saturated carbocycles. The fraction of sp³-hybridized carbons (Fsp3) is 0.294. The van der Waals surface area contributed by atoms with Crippen molar-refractivity contribution < 1.29 is 4.74 Å². The van der Waals surface area contributed by atoms with E-state index in [-0.39, 0.29) is 0 Å². The van der Waals surface area contributed by atoms with Gasteiger partial charge >= 0.3 is 0 Å². The number of rotatable bonds is 5. The van der Waals surface area contributed by atoms with Crippen LogP contribution < -0.4 is 10.1 Å². The molecule has 21 heavy (non-hydrogen) atoms. The Morgan fingerprint density at radius 3 is 2.57 bits per heavy atom. The Balaban J connectivity index is 1.74. The minimum Gasteiger partial charge on any atom is -0.454 e. The van der Waals surface area contributed by atoms with Crippen molar-refractivity contribution in [2.45, 2.75) is 32.4 Å². The second-order valence-electron chi connectivity index (χ2n) is 5.46.